The average Bonchev–Trinajstić information content (AvgIpc) is 2.93. The second-order valence-electron chi connectivity index (χ2n) is 8.15. The molecular formula is C29H24BrClN2O5. The van der Waals surface area contributed by atoms with E-state index in [4.69, 9.17) is 25.8 Å². The molecule has 1 atom stereocenters. The Balaban J connectivity index is 1.39. The second-order valence-corrected chi connectivity index (χ2v) is 9.38. The number of halogens is 2. The van der Waals surface area contributed by atoms with Crippen LogP contribution in [-0.4, -0.2) is 31.3 Å². The van der Waals surface area contributed by atoms with Gasteiger partial charge in [-0.2, -0.15) is 5.10 Å². The van der Waals surface area contributed by atoms with Crippen LogP contribution in [-0.2, 0) is 4.79 Å². The van der Waals surface area contributed by atoms with Crippen molar-refractivity contribution in [3.05, 3.63) is 99.5 Å². The number of esters is 1. The number of fused-ring (bicyclic) bond motifs is 1. The summed E-state index contributed by atoms with van der Waals surface area (Å²) in [7, 11) is 1.46. The molecule has 1 unspecified atom stereocenters. The Hall–Kier alpha value is -3.88. The smallest absolute Gasteiger partial charge is 0.343 e. The maximum atomic E-state index is 12.7. The van der Waals surface area contributed by atoms with Crippen LogP contribution in [0.5, 0.6) is 17.2 Å². The minimum atomic E-state index is -0.742. The van der Waals surface area contributed by atoms with Gasteiger partial charge in [-0.25, -0.2) is 10.2 Å². The third-order valence-electron chi connectivity index (χ3n) is 5.62. The zero-order chi connectivity index (χ0) is 27.1. The van der Waals surface area contributed by atoms with Gasteiger partial charge in [0.15, 0.2) is 17.6 Å². The first-order chi connectivity index (χ1) is 18.4. The van der Waals surface area contributed by atoms with E-state index in [1.165, 1.54) is 13.3 Å². The van der Waals surface area contributed by atoms with Gasteiger partial charge in [-0.05, 0) is 87.2 Å². The number of nitrogens with one attached hydrogen (secondary N) is 1. The lowest BCUT2D eigenvalue weighted by atomic mass is 10.1. The van der Waals surface area contributed by atoms with Crippen molar-refractivity contribution in [3.8, 4) is 17.2 Å². The van der Waals surface area contributed by atoms with Gasteiger partial charge in [-0.15, -0.1) is 0 Å². The minimum Gasteiger partial charge on any atom is -0.493 e. The van der Waals surface area contributed by atoms with Crippen LogP contribution in [0.1, 0.15) is 29.3 Å². The summed E-state index contributed by atoms with van der Waals surface area (Å²) in [5, 5.41) is 6.64. The molecule has 1 N–H and O–H groups in total. The van der Waals surface area contributed by atoms with Crippen molar-refractivity contribution >= 4 is 56.4 Å². The molecule has 0 radical (unpaired) electrons. The van der Waals surface area contributed by atoms with Crippen LogP contribution < -0.4 is 19.6 Å². The quantitative estimate of drug-likeness (QED) is 0.0997. The van der Waals surface area contributed by atoms with Crippen LogP contribution in [0.25, 0.3) is 10.8 Å². The number of benzene rings is 4. The topological polar surface area (TPSA) is 86.2 Å². The van der Waals surface area contributed by atoms with E-state index in [2.05, 4.69) is 26.5 Å². The molecular weight excluding hydrogens is 572 g/mol. The lowest BCUT2D eigenvalue weighted by Crippen LogP contribution is -2.35. The van der Waals surface area contributed by atoms with Crippen LogP contribution in [0, 0.1) is 0 Å². The molecule has 7 nitrogen and oxygen atoms in total. The fraction of sp³-hybridized carbons (Fsp3) is 0.138. The van der Waals surface area contributed by atoms with Crippen LogP contribution >= 0.6 is 27.5 Å². The van der Waals surface area contributed by atoms with Gasteiger partial charge in [0.25, 0.3) is 5.91 Å². The monoisotopic (exact) mass is 594 g/mol. The number of hydrogen-bond acceptors (Lipinski definition) is 6. The lowest BCUT2D eigenvalue weighted by molar-refractivity contribution is -0.128. The van der Waals surface area contributed by atoms with Crippen molar-refractivity contribution < 1.29 is 23.8 Å². The molecule has 1 amide bonds. The van der Waals surface area contributed by atoms with Gasteiger partial charge < -0.3 is 14.2 Å². The van der Waals surface area contributed by atoms with E-state index < -0.39 is 12.1 Å². The number of hydrazone groups is 1. The van der Waals surface area contributed by atoms with Crippen molar-refractivity contribution in [3.63, 3.8) is 0 Å². The molecule has 0 heterocycles. The first-order valence-corrected chi connectivity index (χ1v) is 12.9. The molecule has 0 saturated heterocycles. The molecule has 38 heavy (non-hydrogen) atoms. The molecule has 0 bridgehead atoms. The van der Waals surface area contributed by atoms with Crippen LogP contribution in [0.3, 0.4) is 0 Å². The standard InChI is InChI=1S/C29H24BrClN2O5/c1-3-23(37-25-15-11-19-6-4-5-7-22(19)27(25)30)28(34)33-32-17-18-8-14-24(26(16-18)36-2)38-29(35)20-9-12-21(31)13-10-20/h4-17,23H,3H2,1-2H3,(H,33,34). The fourth-order valence-corrected chi connectivity index (χ4v) is 4.33. The zero-order valence-electron chi connectivity index (χ0n) is 20.6. The first-order valence-electron chi connectivity index (χ1n) is 11.7. The highest BCUT2D eigenvalue weighted by atomic mass is 79.9. The molecule has 0 aliphatic rings. The second kappa shape index (κ2) is 12.6. The number of methoxy groups -OCH3 is 1. The summed E-state index contributed by atoms with van der Waals surface area (Å²) < 4.78 is 17.6. The van der Waals surface area contributed by atoms with E-state index in [1.54, 1.807) is 42.5 Å². The van der Waals surface area contributed by atoms with E-state index in [0.717, 1.165) is 15.2 Å². The molecule has 9 heteroatoms. The molecule has 4 rings (SSSR count). The summed E-state index contributed by atoms with van der Waals surface area (Å²) in [5.41, 5.74) is 3.50. The van der Waals surface area contributed by atoms with Gasteiger partial charge in [0.2, 0.25) is 0 Å². The zero-order valence-corrected chi connectivity index (χ0v) is 23.0. The van der Waals surface area contributed by atoms with E-state index >= 15 is 0 Å². The molecule has 0 aliphatic heterocycles. The minimum absolute atomic E-state index is 0.244. The summed E-state index contributed by atoms with van der Waals surface area (Å²) in [6.45, 7) is 1.86. The van der Waals surface area contributed by atoms with E-state index in [9.17, 15) is 9.59 Å². The Kier molecular flexibility index (Phi) is 8.99. The highest BCUT2D eigenvalue weighted by Gasteiger charge is 2.20. The summed E-state index contributed by atoms with van der Waals surface area (Å²) in [4.78, 5) is 25.2. The summed E-state index contributed by atoms with van der Waals surface area (Å²) in [5.74, 6) is 0.220. The van der Waals surface area contributed by atoms with Gasteiger partial charge in [0, 0.05) is 5.02 Å². The summed E-state index contributed by atoms with van der Waals surface area (Å²) in [6, 6.07) is 23.0. The first kappa shape index (κ1) is 27.2. The molecule has 0 aromatic heterocycles. The maximum absolute atomic E-state index is 12.7. The molecule has 194 valence electrons. The molecule has 0 aliphatic carbocycles. The van der Waals surface area contributed by atoms with Gasteiger partial charge in [-0.3, -0.25) is 4.79 Å². The van der Waals surface area contributed by atoms with Crippen molar-refractivity contribution in [1.29, 1.82) is 0 Å². The number of ether oxygens (including phenoxy) is 3. The van der Waals surface area contributed by atoms with Gasteiger partial charge >= 0.3 is 5.97 Å². The Bertz CT molecular complexity index is 1490. The summed E-state index contributed by atoms with van der Waals surface area (Å²) in [6.07, 6.45) is 1.17. The number of carbonyl (C=O) groups is 2. The summed E-state index contributed by atoms with van der Waals surface area (Å²) >= 11 is 9.46. The van der Waals surface area contributed by atoms with Crippen LogP contribution in [0.2, 0.25) is 5.02 Å². The molecule has 4 aromatic carbocycles. The fourth-order valence-electron chi connectivity index (χ4n) is 3.62. The largest absolute Gasteiger partial charge is 0.493 e. The van der Waals surface area contributed by atoms with Crippen molar-refractivity contribution in [2.45, 2.75) is 19.4 Å². The molecule has 0 saturated carbocycles. The van der Waals surface area contributed by atoms with Crippen LogP contribution in [0.4, 0.5) is 0 Å². The molecule has 0 spiro atoms. The Labute approximate surface area is 233 Å². The SMILES string of the molecule is CCC(Oc1ccc2ccccc2c1Br)C(=O)NN=Cc1ccc(OC(=O)c2ccc(Cl)cc2)c(OC)c1. The van der Waals surface area contributed by atoms with Gasteiger partial charge in [-0.1, -0.05) is 48.9 Å². The highest BCUT2D eigenvalue weighted by Crippen LogP contribution is 2.34. The highest BCUT2D eigenvalue weighted by molar-refractivity contribution is 9.10. The Morgan fingerprint density at radius 2 is 1.74 bits per heavy atom. The van der Waals surface area contributed by atoms with E-state index in [0.29, 0.717) is 34.1 Å². The van der Waals surface area contributed by atoms with Crippen LogP contribution in [0.15, 0.2) is 88.4 Å². The van der Waals surface area contributed by atoms with E-state index in [-0.39, 0.29) is 11.7 Å². The van der Waals surface area contributed by atoms with Gasteiger partial charge in [0.05, 0.1) is 23.4 Å². The number of nitrogens with zero attached hydrogens (tertiary/aromatic N) is 1. The predicted octanol–water partition coefficient (Wildman–Crippen LogP) is 6.79. The number of rotatable bonds is 9. The van der Waals surface area contributed by atoms with Crippen molar-refractivity contribution in [1.82, 2.24) is 5.43 Å². The molecule has 4 aromatic rings. The normalized spacial score (nSPS) is 11.8. The van der Waals surface area contributed by atoms with Crippen molar-refractivity contribution in [2.24, 2.45) is 5.10 Å². The Morgan fingerprint density at radius 3 is 2.47 bits per heavy atom. The maximum Gasteiger partial charge on any atom is 0.343 e. The van der Waals surface area contributed by atoms with Gasteiger partial charge in [0.1, 0.15) is 5.75 Å². The number of hydrogen-bond donors (Lipinski definition) is 1. The lowest BCUT2D eigenvalue weighted by Gasteiger charge is -2.17. The predicted molar refractivity (Wildman–Crippen MR) is 151 cm³/mol. The third kappa shape index (κ3) is 6.51. The van der Waals surface area contributed by atoms with E-state index in [1.807, 2.05) is 43.3 Å². The Morgan fingerprint density at radius 1 is 1.00 bits per heavy atom. The number of amides is 1. The molecule has 0 fully saturated rings. The number of carbonyl (C=O) groups excluding carboxylic acids is 2. The third-order valence-corrected chi connectivity index (χ3v) is 6.69. The van der Waals surface area contributed by atoms with Crippen molar-refractivity contribution in [2.75, 3.05) is 7.11 Å². The average molecular weight is 596 g/mol.